The summed E-state index contributed by atoms with van der Waals surface area (Å²) >= 11 is 0. The first-order chi connectivity index (χ1) is 11.9. The van der Waals surface area contributed by atoms with E-state index in [1.807, 2.05) is 6.07 Å². The minimum Gasteiger partial charge on any atom is -0.468 e. The molecule has 1 spiro atoms. The Morgan fingerprint density at radius 1 is 1.16 bits per heavy atom. The summed E-state index contributed by atoms with van der Waals surface area (Å²) in [6.45, 7) is 1.19. The number of hydrogen-bond donors (Lipinski definition) is 0. The molecule has 3 rings (SSSR count). The van der Waals surface area contributed by atoms with Crippen molar-refractivity contribution >= 4 is 35.1 Å². The summed E-state index contributed by atoms with van der Waals surface area (Å²) in [5.74, 6) is -2.26. The quantitative estimate of drug-likeness (QED) is 0.595. The van der Waals surface area contributed by atoms with Gasteiger partial charge in [-0.15, -0.1) is 0 Å². The number of nitrogens with zero attached hydrogens (tertiary/aromatic N) is 3. The SMILES string of the molecule is COC(=O)CN1C(=O)CC2(CC1=O)C(=O)N(c1ccccc1)N=C2C. The normalized spacial score (nSPS) is 19.4. The molecule has 2 aliphatic rings. The molecule has 0 aliphatic carbocycles. The molecule has 0 saturated carbocycles. The molecule has 0 unspecified atom stereocenters. The minimum atomic E-state index is -1.28. The van der Waals surface area contributed by atoms with E-state index < -0.39 is 35.7 Å². The Kier molecular flexibility index (Phi) is 4.12. The second kappa shape index (κ2) is 6.12. The van der Waals surface area contributed by atoms with Gasteiger partial charge in [-0.3, -0.25) is 24.1 Å². The summed E-state index contributed by atoms with van der Waals surface area (Å²) in [4.78, 5) is 50.0. The van der Waals surface area contributed by atoms with Crippen molar-refractivity contribution in [2.75, 3.05) is 18.7 Å². The maximum Gasteiger partial charge on any atom is 0.325 e. The molecule has 8 heteroatoms. The average Bonchev–Trinajstić information content (AvgIpc) is 2.83. The van der Waals surface area contributed by atoms with Crippen LogP contribution in [0.1, 0.15) is 19.8 Å². The first kappa shape index (κ1) is 16.8. The van der Waals surface area contributed by atoms with Crippen molar-refractivity contribution in [1.29, 1.82) is 0 Å². The van der Waals surface area contributed by atoms with E-state index in [4.69, 9.17) is 0 Å². The van der Waals surface area contributed by atoms with Crippen molar-refractivity contribution < 1.29 is 23.9 Å². The molecule has 0 radical (unpaired) electrons. The number of carbonyl (C=O) groups is 4. The fourth-order valence-electron chi connectivity index (χ4n) is 3.08. The molecule has 2 aliphatic heterocycles. The van der Waals surface area contributed by atoms with Gasteiger partial charge >= 0.3 is 5.97 Å². The molecule has 1 aromatic carbocycles. The van der Waals surface area contributed by atoms with Crippen LogP contribution in [0.15, 0.2) is 35.4 Å². The third-order valence-corrected chi connectivity index (χ3v) is 4.57. The van der Waals surface area contributed by atoms with Gasteiger partial charge in [0.05, 0.1) is 18.5 Å². The number of ether oxygens (including phenoxy) is 1. The van der Waals surface area contributed by atoms with Crippen molar-refractivity contribution in [2.24, 2.45) is 10.5 Å². The van der Waals surface area contributed by atoms with E-state index in [2.05, 4.69) is 9.84 Å². The van der Waals surface area contributed by atoms with Crippen LogP contribution in [0.4, 0.5) is 5.69 Å². The number of methoxy groups -OCH3 is 1. The largest absolute Gasteiger partial charge is 0.468 e. The smallest absolute Gasteiger partial charge is 0.325 e. The van der Waals surface area contributed by atoms with Gasteiger partial charge in [0.25, 0.3) is 5.91 Å². The van der Waals surface area contributed by atoms with Crippen molar-refractivity contribution in [3.63, 3.8) is 0 Å². The van der Waals surface area contributed by atoms with Crippen LogP contribution in [0, 0.1) is 5.41 Å². The van der Waals surface area contributed by atoms with Gasteiger partial charge in [0.1, 0.15) is 12.0 Å². The summed E-state index contributed by atoms with van der Waals surface area (Å²) in [6.07, 6.45) is -0.402. The Bertz CT molecular complexity index is 769. The van der Waals surface area contributed by atoms with Crippen LogP contribution >= 0.6 is 0 Å². The Balaban J connectivity index is 1.88. The Labute approximate surface area is 144 Å². The van der Waals surface area contributed by atoms with Gasteiger partial charge in [-0.2, -0.15) is 10.1 Å². The number of rotatable bonds is 3. The number of imide groups is 1. The molecule has 0 bridgehead atoms. The number of piperidine rings is 1. The van der Waals surface area contributed by atoms with E-state index in [0.717, 1.165) is 4.90 Å². The summed E-state index contributed by atoms with van der Waals surface area (Å²) in [5, 5.41) is 5.50. The Hall–Kier alpha value is -3.03. The highest BCUT2D eigenvalue weighted by molar-refractivity contribution is 6.23. The molecule has 2 heterocycles. The topological polar surface area (TPSA) is 96.3 Å². The number of carbonyl (C=O) groups excluding carboxylic acids is 4. The van der Waals surface area contributed by atoms with Crippen LogP contribution in [0.3, 0.4) is 0 Å². The highest BCUT2D eigenvalue weighted by atomic mass is 16.5. The third-order valence-electron chi connectivity index (χ3n) is 4.57. The second-order valence-electron chi connectivity index (χ2n) is 6.02. The van der Waals surface area contributed by atoms with E-state index >= 15 is 0 Å². The van der Waals surface area contributed by atoms with Crippen molar-refractivity contribution in [2.45, 2.75) is 19.8 Å². The highest BCUT2D eigenvalue weighted by Crippen LogP contribution is 2.41. The zero-order chi connectivity index (χ0) is 18.2. The Morgan fingerprint density at radius 3 is 2.32 bits per heavy atom. The van der Waals surface area contributed by atoms with Crippen LogP contribution < -0.4 is 5.01 Å². The third kappa shape index (κ3) is 2.69. The van der Waals surface area contributed by atoms with Crippen LogP contribution in [0.2, 0.25) is 0 Å². The summed E-state index contributed by atoms with van der Waals surface area (Å²) in [5.41, 5.74) is -0.294. The standard InChI is InChI=1S/C17H17N3O5/c1-11-17(16(24)20(18-11)12-6-4-3-5-7-12)8-13(21)19(14(22)9-17)10-15(23)25-2/h3-7H,8-10H2,1-2H3. The summed E-state index contributed by atoms with van der Waals surface area (Å²) in [7, 11) is 1.18. The van der Waals surface area contributed by atoms with E-state index in [1.54, 1.807) is 31.2 Å². The van der Waals surface area contributed by atoms with Crippen LogP contribution in [0.25, 0.3) is 0 Å². The highest BCUT2D eigenvalue weighted by Gasteiger charge is 2.56. The molecular formula is C17H17N3O5. The van der Waals surface area contributed by atoms with Gasteiger partial charge in [-0.05, 0) is 19.1 Å². The monoisotopic (exact) mass is 343 g/mol. The maximum atomic E-state index is 13.0. The molecule has 25 heavy (non-hydrogen) atoms. The zero-order valence-electron chi connectivity index (χ0n) is 13.9. The van der Waals surface area contributed by atoms with Crippen LogP contribution in [-0.4, -0.2) is 48.0 Å². The number of para-hydroxylation sites is 1. The van der Waals surface area contributed by atoms with Crippen molar-refractivity contribution in [1.82, 2.24) is 4.90 Å². The van der Waals surface area contributed by atoms with Crippen molar-refractivity contribution in [3.8, 4) is 0 Å². The van der Waals surface area contributed by atoms with E-state index in [0.29, 0.717) is 11.4 Å². The van der Waals surface area contributed by atoms with Gasteiger partial charge in [-0.25, -0.2) is 0 Å². The van der Waals surface area contributed by atoms with Crippen molar-refractivity contribution in [3.05, 3.63) is 30.3 Å². The lowest BCUT2D eigenvalue weighted by molar-refractivity contribution is -0.160. The van der Waals surface area contributed by atoms with Gasteiger partial charge < -0.3 is 4.74 Å². The maximum absolute atomic E-state index is 13.0. The molecular weight excluding hydrogens is 326 g/mol. The molecule has 1 saturated heterocycles. The molecule has 1 fully saturated rings. The predicted molar refractivity (Wildman–Crippen MR) is 87.4 cm³/mol. The number of hydrazone groups is 1. The summed E-state index contributed by atoms with van der Waals surface area (Å²) < 4.78 is 4.50. The van der Waals surface area contributed by atoms with E-state index in [1.165, 1.54) is 12.1 Å². The second-order valence-corrected chi connectivity index (χ2v) is 6.02. The van der Waals surface area contributed by atoms with Crippen LogP contribution in [-0.2, 0) is 23.9 Å². The molecule has 130 valence electrons. The molecule has 0 atom stereocenters. The average molecular weight is 343 g/mol. The molecule has 0 aromatic heterocycles. The van der Waals surface area contributed by atoms with Crippen LogP contribution in [0.5, 0.6) is 0 Å². The van der Waals surface area contributed by atoms with E-state index in [-0.39, 0.29) is 12.8 Å². The molecule has 0 N–H and O–H groups in total. The van der Waals surface area contributed by atoms with Gasteiger partial charge in [0, 0.05) is 12.8 Å². The first-order valence-electron chi connectivity index (χ1n) is 7.74. The molecule has 3 amide bonds. The zero-order valence-corrected chi connectivity index (χ0v) is 13.9. The number of benzene rings is 1. The fraction of sp³-hybridized carbons (Fsp3) is 0.353. The predicted octanol–water partition coefficient (Wildman–Crippen LogP) is 0.717. The lowest BCUT2D eigenvalue weighted by Crippen LogP contribution is -2.54. The lowest BCUT2D eigenvalue weighted by Gasteiger charge is -2.35. The summed E-state index contributed by atoms with van der Waals surface area (Å²) in [6, 6.07) is 8.81. The number of anilines is 1. The van der Waals surface area contributed by atoms with Gasteiger partial charge in [0.2, 0.25) is 11.8 Å². The lowest BCUT2D eigenvalue weighted by atomic mass is 9.74. The molecule has 1 aromatic rings. The number of likely N-dealkylation sites (tertiary alicyclic amines) is 1. The van der Waals surface area contributed by atoms with Gasteiger partial charge in [-0.1, -0.05) is 18.2 Å². The number of esters is 1. The Morgan fingerprint density at radius 2 is 1.76 bits per heavy atom. The molecule has 8 nitrogen and oxygen atoms in total. The van der Waals surface area contributed by atoms with Gasteiger partial charge in [0.15, 0.2) is 0 Å². The minimum absolute atomic E-state index is 0.201. The number of hydrogen-bond acceptors (Lipinski definition) is 6. The first-order valence-corrected chi connectivity index (χ1v) is 7.74. The number of amides is 3. The fourth-order valence-corrected chi connectivity index (χ4v) is 3.08. The van der Waals surface area contributed by atoms with E-state index in [9.17, 15) is 19.2 Å².